The van der Waals surface area contributed by atoms with Crippen molar-refractivity contribution in [3.05, 3.63) is 46.4 Å². The number of aryl methyl sites for hydroxylation is 1. The number of hydrogen-bond acceptors (Lipinski definition) is 3. The molecule has 1 saturated heterocycles. The van der Waals surface area contributed by atoms with Gasteiger partial charge in [0, 0.05) is 57.5 Å². The summed E-state index contributed by atoms with van der Waals surface area (Å²) in [7, 11) is 6.06. The monoisotopic (exact) mass is 373 g/mol. The Morgan fingerprint density at radius 1 is 1.38 bits per heavy atom. The van der Waals surface area contributed by atoms with E-state index in [9.17, 15) is 0 Å². The van der Waals surface area contributed by atoms with Crippen molar-refractivity contribution < 1.29 is 0 Å². The lowest BCUT2D eigenvalue weighted by molar-refractivity contribution is 0.169. The van der Waals surface area contributed by atoms with Crippen LogP contribution in [0.3, 0.4) is 0 Å². The van der Waals surface area contributed by atoms with E-state index >= 15 is 0 Å². The smallest absolute Gasteiger partial charge is 0.193 e. The molecule has 0 saturated carbocycles. The number of guanidine groups is 1. The molecule has 26 heavy (non-hydrogen) atoms. The highest BCUT2D eigenvalue weighted by atomic mass is 32.1. The van der Waals surface area contributed by atoms with Crippen molar-refractivity contribution in [2.45, 2.75) is 25.9 Å². The molecule has 5 nitrogen and oxygen atoms in total. The molecule has 0 amide bonds. The minimum absolute atomic E-state index is 0.684. The van der Waals surface area contributed by atoms with Crippen molar-refractivity contribution in [2.24, 2.45) is 18.0 Å². The van der Waals surface area contributed by atoms with Crippen molar-refractivity contribution in [3.63, 3.8) is 0 Å². The molecule has 1 N–H and O–H groups in total. The highest BCUT2D eigenvalue weighted by molar-refractivity contribution is 7.09. The first kappa shape index (κ1) is 19.0. The molecule has 0 spiro atoms. The van der Waals surface area contributed by atoms with E-state index in [0.29, 0.717) is 5.92 Å². The Morgan fingerprint density at radius 2 is 2.27 bits per heavy atom. The molecule has 0 aromatic carbocycles. The zero-order valence-electron chi connectivity index (χ0n) is 16.2. The van der Waals surface area contributed by atoms with Crippen LogP contribution in [0.25, 0.3) is 0 Å². The van der Waals surface area contributed by atoms with Crippen LogP contribution in [0.4, 0.5) is 0 Å². The summed E-state index contributed by atoms with van der Waals surface area (Å²) in [6.07, 6.45) is 4.67. The number of piperidine rings is 1. The summed E-state index contributed by atoms with van der Waals surface area (Å²) in [6, 6.07) is 8.64. The number of rotatable bonds is 6. The van der Waals surface area contributed by atoms with Gasteiger partial charge in [0.15, 0.2) is 5.96 Å². The highest BCUT2D eigenvalue weighted by Crippen LogP contribution is 2.20. The predicted molar refractivity (Wildman–Crippen MR) is 111 cm³/mol. The van der Waals surface area contributed by atoms with Crippen LogP contribution in [0.5, 0.6) is 0 Å². The predicted octanol–water partition coefficient (Wildman–Crippen LogP) is 3.01. The minimum atomic E-state index is 0.684. The molecule has 2 aromatic heterocycles. The van der Waals surface area contributed by atoms with Gasteiger partial charge < -0.3 is 14.8 Å². The number of nitrogens with zero attached hydrogens (tertiary/aromatic N) is 4. The largest absolute Gasteiger partial charge is 0.356 e. The summed E-state index contributed by atoms with van der Waals surface area (Å²) in [4.78, 5) is 10.7. The standard InChI is InChI=1S/C20H31N5S/c1-21-20(24(3)15-18-8-5-10-23(18)2)22-13-17-7-4-11-25(14-17)16-19-9-6-12-26-19/h5-6,8-10,12,17H,4,7,11,13-16H2,1-3H3,(H,21,22). The van der Waals surface area contributed by atoms with Gasteiger partial charge in [-0.3, -0.25) is 9.89 Å². The van der Waals surface area contributed by atoms with Crippen LogP contribution in [0, 0.1) is 5.92 Å². The van der Waals surface area contributed by atoms with Crippen molar-refractivity contribution in [1.82, 2.24) is 19.7 Å². The van der Waals surface area contributed by atoms with Crippen LogP contribution < -0.4 is 5.32 Å². The maximum atomic E-state index is 4.47. The zero-order valence-corrected chi connectivity index (χ0v) is 17.0. The first-order chi connectivity index (χ1) is 12.7. The van der Waals surface area contributed by atoms with E-state index < -0.39 is 0 Å². The average molecular weight is 374 g/mol. The molecule has 3 rings (SSSR count). The van der Waals surface area contributed by atoms with Crippen molar-refractivity contribution in [3.8, 4) is 0 Å². The van der Waals surface area contributed by atoms with Gasteiger partial charge in [-0.1, -0.05) is 6.07 Å². The molecular weight excluding hydrogens is 342 g/mol. The van der Waals surface area contributed by atoms with Crippen molar-refractivity contribution >= 4 is 17.3 Å². The second-order valence-electron chi connectivity index (χ2n) is 7.22. The second-order valence-corrected chi connectivity index (χ2v) is 8.25. The molecule has 0 bridgehead atoms. The van der Waals surface area contributed by atoms with Gasteiger partial charge in [0.05, 0.1) is 6.54 Å². The number of nitrogens with one attached hydrogen (secondary N) is 1. The maximum absolute atomic E-state index is 4.47. The fourth-order valence-electron chi connectivity index (χ4n) is 3.68. The molecule has 2 aromatic rings. The molecule has 0 aliphatic carbocycles. The Bertz CT molecular complexity index is 691. The van der Waals surface area contributed by atoms with Gasteiger partial charge in [-0.15, -0.1) is 11.3 Å². The van der Waals surface area contributed by atoms with E-state index in [2.05, 4.69) is 74.6 Å². The van der Waals surface area contributed by atoms with Crippen LogP contribution in [0.1, 0.15) is 23.4 Å². The molecule has 1 fully saturated rings. The first-order valence-corrected chi connectivity index (χ1v) is 10.3. The molecule has 3 heterocycles. The topological polar surface area (TPSA) is 35.8 Å². The lowest BCUT2D eigenvalue weighted by atomic mass is 9.98. The Balaban J connectivity index is 1.47. The maximum Gasteiger partial charge on any atom is 0.193 e. The van der Waals surface area contributed by atoms with Crippen LogP contribution in [-0.2, 0) is 20.1 Å². The van der Waals surface area contributed by atoms with E-state index in [1.807, 2.05) is 18.4 Å². The van der Waals surface area contributed by atoms with Crippen LogP contribution >= 0.6 is 11.3 Å². The first-order valence-electron chi connectivity index (χ1n) is 9.42. The molecule has 142 valence electrons. The summed E-state index contributed by atoms with van der Waals surface area (Å²) < 4.78 is 2.16. The Labute approximate surface area is 161 Å². The van der Waals surface area contributed by atoms with E-state index in [0.717, 1.165) is 25.6 Å². The molecule has 1 aliphatic heterocycles. The number of thiophene rings is 1. The summed E-state index contributed by atoms with van der Waals surface area (Å²) in [6.45, 7) is 5.33. The summed E-state index contributed by atoms with van der Waals surface area (Å²) in [5.41, 5.74) is 1.29. The van der Waals surface area contributed by atoms with Gasteiger partial charge in [0.2, 0.25) is 0 Å². The van der Waals surface area contributed by atoms with Gasteiger partial charge >= 0.3 is 0 Å². The fourth-order valence-corrected chi connectivity index (χ4v) is 4.43. The van der Waals surface area contributed by atoms with Gasteiger partial charge in [0.1, 0.15) is 0 Å². The van der Waals surface area contributed by atoms with E-state index in [-0.39, 0.29) is 0 Å². The van der Waals surface area contributed by atoms with Crippen LogP contribution in [0.15, 0.2) is 40.8 Å². The quantitative estimate of drug-likeness (QED) is 0.625. The molecule has 6 heteroatoms. The number of likely N-dealkylation sites (tertiary alicyclic amines) is 1. The molecule has 0 radical (unpaired) electrons. The highest BCUT2D eigenvalue weighted by Gasteiger charge is 2.21. The summed E-state index contributed by atoms with van der Waals surface area (Å²) in [5, 5.41) is 5.76. The van der Waals surface area contributed by atoms with Gasteiger partial charge in [-0.25, -0.2) is 0 Å². The Hall–Kier alpha value is -1.79. The van der Waals surface area contributed by atoms with E-state index in [4.69, 9.17) is 0 Å². The Morgan fingerprint density at radius 3 is 2.96 bits per heavy atom. The third-order valence-corrected chi connectivity index (χ3v) is 6.00. The van der Waals surface area contributed by atoms with E-state index in [1.165, 1.54) is 36.5 Å². The number of hydrogen-bond donors (Lipinski definition) is 1. The second kappa shape index (κ2) is 9.24. The van der Waals surface area contributed by atoms with Gasteiger partial charge in [-0.2, -0.15) is 0 Å². The van der Waals surface area contributed by atoms with Crippen LogP contribution in [-0.4, -0.2) is 54.1 Å². The summed E-state index contributed by atoms with van der Waals surface area (Å²) >= 11 is 1.86. The third kappa shape index (κ3) is 5.11. The van der Waals surface area contributed by atoms with Crippen molar-refractivity contribution in [2.75, 3.05) is 33.7 Å². The number of aliphatic imine (C=N–C) groups is 1. The molecule has 1 aliphatic rings. The Kier molecular flexibility index (Phi) is 6.74. The SMILES string of the molecule is CN=C(NCC1CCCN(Cc2cccs2)C1)N(C)Cc1cccn1C. The summed E-state index contributed by atoms with van der Waals surface area (Å²) in [5.74, 6) is 1.66. The minimum Gasteiger partial charge on any atom is -0.356 e. The van der Waals surface area contributed by atoms with Gasteiger partial charge in [-0.05, 0) is 48.9 Å². The number of aromatic nitrogens is 1. The molecule has 1 unspecified atom stereocenters. The molecular formula is C20H31N5S. The van der Waals surface area contributed by atoms with Crippen molar-refractivity contribution in [1.29, 1.82) is 0 Å². The zero-order chi connectivity index (χ0) is 18.4. The van der Waals surface area contributed by atoms with Crippen LogP contribution in [0.2, 0.25) is 0 Å². The fraction of sp³-hybridized carbons (Fsp3) is 0.550. The lowest BCUT2D eigenvalue weighted by Crippen LogP contribution is -2.44. The lowest BCUT2D eigenvalue weighted by Gasteiger charge is -2.33. The van der Waals surface area contributed by atoms with E-state index in [1.54, 1.807) is 0 Å². The normalized spacial score (nSPS) is 18.9. The average Bonchev–Trinajstić information content (AvgIpc) is 3.28. The third-order valence-electron chi connectivity index (χ3n) is 5.14. The molecule has 1 atom stereocenters. The van der Waals surface area contributed by atoms with Gasteiger partial charge in [0.25, 0.3) is 0 Å².